The first-order valence-corrected chi connectivity index (χ1v) is 8.85. The smallest absolute Gasteiger partial charge is 0.273 e. The molecule has 0 fully saturated rings. The number of aromatic hydroxyl groups is 1. The predicted molar refractivity (Wildman–Crippen MR) is 108 cm³/mol. The van der Waals surface area contributed by atoms with E-state index in [9.17, 15) is 20.0 Å². The summed E-state index contributed by atoms with van der Waals surface area (Å²) in [6.45, 7) is 1.81. The van der Waals surface area contributed by atoms with Crippen LogP contribution < -0.4 is 5.56 Å². The minimum atomic E-state index is -0.533. The molecule has 0 amide bonds. The molecule has 4 aromatic rings. The number of nitriles is 1. The average molecular weight is 381 g/mol. The number of hydrogen-bond acceptors (Lipinski definition) is 5. The van der Waals surface area contributed by atoms with Gasteiger partial charge in [-0.05, 0) is 49.4 Å². The number of aryl methyl sites for hydroxylation is 1. The number of phenolic OH excluding ortho intramolecular Hbond substituents is 1. The van der Waals surface area contributed by atoms with E-state index in [-0.39, 0.29) is 22.4 Å². The lowest BCUT2D eigenvalue weighted by Crippen LogP contribution is -2.23. The Hall–Kier alpha value is -4.24. The highest BCUT2D eigenvalue weighted by atomic mass is 16.3. The number of carbonyl (C=O) groups is 1. The molecule has 0 atom stereocenters. The zero-order valence-corrected chi connectivity index (χ0v) is 15.5. The molecule has 0 spiro atoms. The van der Waals surface area contributed by atoms with Crippen LogP contribution in [0.25, 0.3) is 16.6 Å². The number of benzene rings is 2. The quantitative estimate of drug-likeness (QED) is 0.548. The number of nitrogens with zero attached hydrogens (tertiary/aromatic N) is 3. The second kappa shape index (κ2) is 7.06. The maximum absolute atomic E-state index is 13.0. The molecule has 0 saturated carbocycles. The zero-order valence-electron chi connectivity index (χ0n) is 15.5. The third-order valence-corrected chi connectivity index (χ3v) is 4.68. The Kier molecular flexibility index (Phi) is 4.41. The Balaban J connectivity index is 1.98. The van der Waals surface area contributed by atoms with Crippen molar-refractivity contribution in [2.75, 3.05) is 0 Å². The molecule has 0 aliphatic rings. The van der Waals surface area contributed by atoms with Crippen molar-refractivity contribution in [3.05, 3.63) is 99.6 Å². The summed E-state index contributed by atoms with van der Waals surface area (Å²) < 4.78 is 1.28. The van der Waals surface area contributed by atoms with E-state index in [1.807, 2.05) is 18.2 Å². The highest BCUT2D eigenvalue weighted by molar-refractivity contribution is 6.10. The molecule has 29 heavy (non-hydrogen) atoms. The van der Waals surface area contributed by atoms with Crippen LogP contribution in [0.5, 0.6) is 5.75 Å². The maximum atomic E-state index is 13.0. The van der Waals surface area contributed by atoms with E-state index >= 15 is 0 Å². The highest BCUT2D eigenvalue weighted by Gasteiger charge is 2.18. The van der Waals surface area contributed by atoms with Crippen molar-refractivity contribution in [3.63, 3.8) is 0 Å². The largest absolute Gasteiger partial charge is 0.507 e. The Labute approximate surface area is 165 Å². The summed E-state index contributed by atoms with van der Waals surface area (Å²) in [5.74, 6) is -0.638. The van der Waals surface area contributed by atoms with E-state index in [0.29, 0.717) is 16.6 Å². The van der Waals surface area contributed by atoms with Crippen LogP contribution in [0.4, 0.5) is 0 Å². The first kappa shape index (κ1) is 18.1. The number of carbonyl (C=O) groups excluding carboxylic acids is 1. The summed E-state index contributed by atoms with van der Waals surface area (Å²) in [7, 11) is 0. The molecule has 0 unspecified atom stereocenters. The van der Waals surface area contributed by atoms with Gasteiger partial charge in [-0.15, -0.1) is 0 Å². The van der Waals surface area contributed by atoms with Crippen LogP contribution in [0.15, 0.2) is 71.8 Å². The van der Waals surface area contributed by atoms with Gasteiger partial charge in [-0.2, -0.15) is 5.26 Å². The van der Waals surface area contributed by atoms with Crippen LogP contribution in [0.1, 0.15) is 27.0 Å². The van der Waals surface area contributed by atoms with E-state index in [1.165, 1.54) is 22.9 Å². The number of rotatable bonds is 3. The summed E-state index contributed by atoms with van der Waals surface area (Å²) in [4.78, 5) is 30.2. The Bertz CT molecular complexity index is 1380. The van der Waals surface area contributed by atoms with E-state index in [0.717, 1.165) is 5.56 Å². The molecular formula is C23H15N3O3. The fourth-order valence-corrected chi connectivity index (χ4v) is 3.25. The van der Waals surface area contributed by atoms with Crippen molar-refractivity contribution in [3.8, 4) is 17.5 Å². The first-order valence-electron chi connectivity index (χ1n) is 8.85. The predicted octanol–water partition coefficient (Wildman–Crippen LogP) is 3.50. The number of pyridine rings is 2. The molecule has 2 heterocycles. The van der Waals surface area contributed by atoms with Crippen LogP contribution in [-0.4, -0.2) is 20.4 Å². The van der Waals surface area contributed by atoms with Gasteiger partial charge < -0.3 is 5.11 Å². The number of aromatic nitrogens is 2. The van der Waals surface area contributed by atoms with Gasteiger partial charge in [0.1, 0.15) is 17.4 Å². The molecule has 2 aromatic carbocycles. The molecule has 0 aliphatic heterocycles. The van der Waals surface area contributed by atoms with Crippen LogP contribution in [-0.2, 0) is 0 Å². The normalized spacial score (nSPS) is 10.6. The van der Waals surface area contributed by atoms with Gasteiger partial charge in [0.2, 0.25) is 0 Å². The average Bonchev–Trinajstić information content (AvgIpc) is 2.75. The highest BCUT2D eigenvalue weighted by Crippen LogP contribution is 2.24. The van der Waals surface area contributed by atoms with Crippen molar-refractivity contribution in [1.82, 2.24) is 9.55 Å². The molecule has 0 radical (unpaired) electrons. The van der Waals surface area contributed by atoms with Gasteiger partial charge in [0.15, 0.2) is 5.78 Å². The first-order chi connectivity index (χ1) is 14.0. The number of hydrogen-bond donors (Lipinski definition) is 1. The molecule has 4 rings (SSSR count). The van der Waals surface area contributed by atoms with E-state index in [4.69, 9.17) is 0 Å². The van der Waals surface area contributed by atoms with Crippen LogP contribution in [0.2, 0.25) is 0 Å². The third-order valence-electron chi connectivity index (χ3n) is 4.68. The van der Waals surface area contributed by atoms with Gasteiger partial charge in [0.05, 0.1) is 16.8 Å². The molecule has 0 saturated heterocycles. The van der Waals surface area contributed by atoms with Gasteiger partial charge in [0, 0.05) is 23.3 Å². The fraction of sp³-hybridized carbons (Fsp3) is 0.0435. The monoisotopic (exact) mass is 381 g/mol. The van der Waals surface area contributed by atoms with Gasteiger partial charge in [-0.1, -0.05) is 17.7 Å². The molecule has 6 heteroatoms. The summed E-state index contributed by atoms with van der Waals surface area (Å²) >= 11 is 0. The van der Waals surface area contributed by atoms with Crippen molar-refractivity contribution >= 4 is 16.7 Å². The zero-order chi connectivity index (χ0) is 20.5. The molecular weight excluding hydrogens is 366 g/mol. The molecule has 0 bridgehead atoms. The van der Waals surface area contributed by atoms with E-state index in [1.54, 1.807) is 43.5 Å². The molecule has 6 nitrogen and oxygen atoms in total. The van der Waals surface area contributed by atoms with Crippen molar-refractivity contribution in [2.24, 2.45) is 0 Å². The molecule has 2 aromatic heterocycles. The lowest BCUT2D eigenvalue weighted by molar-refractivity contribution is 0.103. The van der Waals surface area contributed by atoms with E-state index in [2.05, 4.69) is 4.98 Å². The minimum Gasteiger partial charge on any atom is -0.507 e. The van der Waals surface area contributed by atoms with Crippen LogP contribution >= 0.6 is 0 Å². The van der Waals surface area contributed by atoms with E-state index < -0.39 is 11.3 Å². The fourth-order valence-electron chi connectivity index (χ4n) is 3.25. The third kappa shape index (κ3) is 3.15. The standard InChI is InChI=1S/C23H15N3O3/c1-14-7-8-21(27)18(10-14)22(28)16-11-15(12-24)23(29)26(13-16)20-6-2-5-19-17(20)4-3-9-25-19/h2-11,13,27H,1H3. The van der Waals surface area contributed by atoms with Crippen molar-refractivity contribution < 1.29 is 9.90 Å². The van der Waals surface area contributed by atoms with Gasteiger partial charge in [-0.25, -0.2) is 0 Å². The summed E-state index contributed by atoms with van der Waals surface area (Å²) in [5, 5.41) is 20.3. The Morgan fingerprint density at radius 2 is 1.97 bits per heavy atom. The van der Waals surface area contributed by atoms with Crippen LogP contribution in [0, 0.1) is 18.3 Å². The van der Waals surface area contributed by atoms with Gasteiger partial charge in [-0.3, -0.25) is 19.1 Å². The van der Waals surface area contributed by atoms with Crippen molar-refractivity contribution in [1.29, 1.82) is 5.26 Å². The van der Waals surface area contributed by atoms with Gasteiger partial charge >= 0.3 is 0 Å². The molecule has 0 aliphatic carbocycles. The molecule has 140 valence electrons. The summed E-state index contributed by atoms with van der Waals surface area (Å²) in [6.07, 6.45) is 3.05. The number of phenols is 1. The molecule has 1 N–H and O–H groups in total. The lowest BCUT2D eigenvalue weighted by atomic mass is 10.0. The maximum Gasteiger partial charge on any atom is 0.273 e. The Morgan fingerprint density at radius 3 is 2.76 bits per heavy atom. The van der Waals surface area contributed by atoms with Gasteiger partial charge in [0.25, 0.3) is 5.56 Å². The topological polar surface area (TPSA) is 96.0 Å². The summed E-state index contributed by atoms with van der Waals surface area (Å²) in [6, 6.07) is 16.7. The Morgan fingerprint density at radius 1 is 1.14 bits per heavy atom. The second-order valence-electron chi connectivity index (χ2n) is 6.63. The second-order valence-corrected chi connectivity index (χ2v) is 6.63. The number of fused-ring (bicyclic) bond motifs is 1. The SMILES string of the molecule is Cc1ccc(O)c(C(=O)c2cc(C#N)c(=O)n(-c3cccc4ncccc34)c2)c1. The lowest BCUT2D eigenvalue weighted by Gasteiger charge is -2.12. The van der Waals surface area contributed by atoms with Crippen molar-refractivity contribution in [2.45, 2.75) is 6.92 Å². The summed E-state index contributed by atoms with van der Waals surface area (Å²) in [5.41, 5.74) is 1.54. The number of ketones is 1. The minimum absolute atomic E-state index is 0.110. The van der Waals surface area contributed by atoms with Crippen LogP contribution in [0.3, 0.4) is 0 Å².